The lowest BCUT2D eigenvalue weighted by Gasteiger charge is -2.29. The highest BCUT2D eigenvalue weighted by Gasteiger charge is 2.33. The van der Waals surface area contributed by atoms with E-state index < -0.39 is 27.8 Å². The van der Waals surface area contributed by atoms with Crippen LogP contribution in [0.15, 0.2) is 23.1 Å². The number of amides is 1. The third kappa shape index (κ3) is 4.27. The van der Waals surface area contributed by atoms with Crippen molar-refractivity contribution in [2.45, 2.75) is 50.0 Å². The molecule has 1 amide bonds. The Balaban J connectivity index is 2.26. The van der Waals surface area contributed by atoms with E-state index in [1.807, 2.05) is 0 Å². The summed E-state index contributed by atoms with van der Waals surface area (Å²) in [7, 11) is -3.99. The van der Waals surface area contributed by atoms with Gasteiger partial charge in [0.15, 0.2) is 0 Å². The molecule has 8 heteroatoms. The predicted molar refractivity (Wildman–Crippen MR) is 81.8 cm³/mol. The molecular weight excluding hydrogens is 323 g/mol. The fraction of sp³-hybridized carbons (Fsp3) is 0.533. The van der Waals surface area contributed by atoms with Gasteiger partial charge in [0.25, 0.3) is 5.91 Å². The average molecular weight is 344 g/mol. The molecule has 2 rings (SSSR count). The minimum absolute atomic E-state index is 0.108. The van der Waals surface area contributed by atoms with Crippen molar-refractivity contribution >= 4 is 15.9 Å². The second-order valence-electron chi connectivity index (χ2n) is 5.88. The van der Waals surface area contributed by atoms with Gasteiger partial charge in [-0.2, -0.15) is 4.72 Å². The van der Waals surface area contributed by atoms with Crippen LogP contribution in [0, 0.1) is 18.7 Å². The minimum Gasteiger partial charge on any atom is -0.289 e. The molecular formula is C15H21FN2O4S. The van der Waals surface area contributed by atoms with Crippen molar-refractivity contribution in [3.63, 3.8) is 0 Å². The Morgan fingerprint density at radius 1 is 1.30 bits per heavy atom. The summed E-state index contributed by atoms with van der Waals surface area (Å²) in [5, 5.41) is 8.90. The average Bonchev–Trinajstić information content (AvgIpc) is 2.55. The van der Waals surface area contributed by atoms with Crippen LogP contribution in [-0.4, -0.2) is 25.6 Å². The lowest BCUT2D eigenvalue weighted by Crippen LogP contribution is -2.50. The number of hydrogen-bond acceptors (Lipinski definition) is 4. The Hall–Kier alpha value is -1.51. The van der Waals surface area contributed by atoms with Crippen molar-refractivity contribution in [2.24, 2.45) is 5.92 Å². The Labute approximate surface area is 135 Å². The molecule has 6 nitrogen and oxygen atoms in total. The molecule has 1 aliphatic rings. The lowest BCUT2D eigenvalue weighted by molar-refractivity contribution is -0.132. The van der Waals surface area contributed by atoms with Gasteiger partial charge in [-0.05, 0) is 49.4 Å². The van der Waals surface area contributed by atoms with Gasteiger partial charge in [0.05, 0.1) is 4.90 Å². The van der Waals surface area contributed by atoms with Crippen molar-refractivity contribution in [3.8, 4) is 0 Å². The summed E-state index contributed by atoms with van der Waals surface area (Å²) in [5.74, 6) is -1.45. The molecule has 0 spiro atoms. The third-order valence-corrected chi connectivity index (χ3v) is 5.67. The molecule has 0 aliphatic heterocycles. The molecule has 1 aromatic carbocycles. The topological polar surface area (TPSA) is 95.5 Å². The summed E-state index contributed by atoms with van der Waals surface area (Å²) in [6, 6.07) is 2.40. The van der Waals surface area contributed by atoms with Crippen LogP contribution < -0.4 is 10.2 Å². The fourth-order valence-corrected chi connectivity index (χ4v) is 4.27. The number of carbonyl (C=O) groups excluding carboxylic acids is 1. The number of benzene rings is 1. The zero-order chi connectivity index (χ0) is 17.0. The summed E-state index contributed by atoms with van der Waals surface area (Å²) in [5.41, 5.74) is 1.73. The number of hydroxylamine groups is 1. The zero-order valence-electron chi connectivity index (χ0n) is 12.9. The van der Waals surface area contributed by atoms with Crippen molar-refractivity contribution in [3.05, 3.63) is 29.6 Å². The third-order valence-electron chi connectivity index (χ3n) is 4.24. The number of halogens is 1. The highest BCUT2D eigenvalue weighted by Crippen LogP contribution is 2.27. The largest absolute Gasteiger partial charge is 0.289 e. The Morgan fingerprint density at radius 3 is 2.52 bits per heavy atom. The molecule has 23 heavy (non-hydrogen) atoms. The molecule has 128 valence electrons. The van der Waals surface area contributed by atoms with Crippen molar-refractivity contribution in [2.75, 3.05) is 0 Å². The normalized spacial score (nSPS) is 17.7. The van der Waals surface area contributed by atoms with Gasteiger partial charge < -0.3 is 0 Å². The molecule has 1 aliphatic carbocycles. The minimum atomic E-state index is -3.99. The second kappa shape index (κ2) is 7.37. The van der Waals surface area contributed by atoms with E-state index >= 15 is 0 Å². The first kappa shape index (κ1) is 17.8. The standard InChI is InChI=1S/C15H21FN2O4S/c1-10-9-12(7-8-13(10)16)23(21,22)18-14(15(19)17-20)11-5-3-2-4-6-11/h7-9,11,14,18,20H,2-6H2,1H3,(H,17,19)/t14-/m1/s1. The van der Waals surface area contributed by atoms with Gasteiger partial charge in [-0.15, -0.1) is 0 Å². The lowest BCUT2D eigenvalue weighted by atomic mass is 9.84. The van der Waals surface area contributed by atoms with Crippen LogP contribution >= 0.6 is 0 Å². The van der Waals surface area contributed by atoms with Gasteiger partial charge in [0, 0.05) is 0 Å². The first-order chi connectivity index (χ1) is 10.8. The Morgan fingerprint density at radius 2 is 1.96 bits per heavy atom. The molecule has 0 bridgehead atoms. The monoisotopic (exact) mass is 344 g/mol. The van der Waals surface area contributed by atoms with E-state index in [0.29, 0.717) is 12.8 Å². The maximum atomic E-state index is 13.3. The van der Waals surface area contributed by atoms with E-state index in [9.17, 15) is 17.6 Å². The highest BCUT2D eigenvalue weighted by molar-refractivity contribution is 7.89. The maximum absolute atomic E-state index is 13.3. The smallest absolute Gasteiger partial charge is 0.261 e. The van der Waals surface area contributed by atoms with E-state index in [-0.39, 0.29) is 16.4 Å². The molecule has 0 unspecified atom stereocenters. The molecule has 0 saturated heterocycles. The molecule has 1 aromatic rings. The van der Waals surface area contributed by atoms with Gasteiger partial charge in [-0.25, -0.2) is 18.3 Å². The first-order valence-electron chi connectivity index (χ1n) is 7.57. The van der Waals surface area contributed by atoms with Crippen LogP contribution in [0.25, 0.3) is 0 Å². The van der Waals surface area contributed by atoms with Crippen LogP contribution in [0.5, 0.6) is 0 Å². The van der Waals surface area contributed by atoms with Crippen LogP contribution in [0.3, 0.4) is 0 Å². The molecule has 0 radical (unpaired) electrons. The molecule has 1 fully saturated rings. The summed E-state index contributed by atoms with van der Waals surface area (Å²) in [6.45, 7) is 1.47. The predicted octanol–water partition coefficient (Wildman–Crippen LogP) is 1.87. The number of rotatable bonds is 5. The van der Waals surface area contributed by atoms with Crippen LogP contribution in [0.1, 0.15) is 37.7 Å². The molecule has 0 aromatic heterocycles. The molecule has 3 N–H and O–H groups in total. The van der Waals surface area contributed by atoms with Gasteiger partial charge in [0.2, 0.25) is 10.0 Å². The fourth-order valence-electron chi connectivity index (χ4n) is 2.92. The summed E-state index contributed by atoms with van der Waals surface area (Å²) >= 11 is 0. The first-order valence-corrected chi connectivity index (χ1v) is 9.06. The van der Waals surface area contributed by atoms with E-state index in [1.165, 1.54) is 18.5 Å². The maximum Gasteiger partial charge on any atom is 0.261 e. The number of hydrogen-bond donors (Lipinski definition) is 3. The number of aryl methyl sites for hydroxylation is 1. The van der Waals surface area contributed by atoms with E-state index in [0.717, 1.165) is 31.4 Å². The van der Waals surface area contributed by atoms with Gasteiger partial charge in [-0.1, -0.05) is 19.3 Å². The van der Waals surface area contributed by atoms with E-state index in [4.69, 9.17) is 5.21 Å². The summed E-state index contributed by atoms with van der Waals surface area (Å²) in [6.07, 6.45) is 4.30. The number of carbonyl (C=O) groups is 1. The molecule has 0 heterocycles. The SMILES string of the molecule is Cc1cc(S(=O)(=O)N[C@@H](C(=O)NO)C2CCCCC2)ccc1F. The second-order valence-corrected chi connectivity index (χ2v) is 7.60. The van der Waals surface area contributed by atoms with Gasteiger partial charge in [-0.3, -0.25) is 10.0 Å². The zero-order valence-corrected chi connectivity index (χ0v) is 13.7. The van der Waals surface area contributed by atoms with Crippen molar-refractivity contribution < 1.29 is 22.8 Å². The Kier molecular flexibility index (Phi) is 5.72. The van der Waals surface area contributed by atoms with Crippen molar-refractivity contribution in [1.82, 2.24) is 10.2 Å². The molecule has 1 atom stereocenters. The number of nitrogens with one attached hydrogen (secondary N) is 2. The van der Waals surface area contributed by atoms with Crippen LogP contribution in [0.2, 0.25) is 0 Å². The van der Waals surface area contributed by atoms with Crippen LogP contribution in [-0.2, 0) is 14.8 Å². The highest BCUT2D eigenvalue weighted by atomic mass is 32.2. The Bertz CT molecular complexity index is 672. The quantitative estimate of drug-likeness (QED) is 0.561. The van der Waals surface area contributed by atoms with Gasteiger partial charge >= 0.3 is 0 Å². The van der Waals surface area contributed by atoms with Gasteiger partial charge in [0.1, 0.15) is 11.9 Å². The summed E-state index contributed by atoms with van der Waals surface area (Å²) in [4.78, 5) is 11.8. The molecule has 1 saturated carbocycles. The van der Waals surface area contributed by atoms with Crippen LogP contribution in [0.4, 0.5) is 4.39 Å². The van der Waals surface area contributed by atoms with E-state index in [1.54, 1.807) is 0 Å². The number of sulfonamides is 1. The van der Waals surface area contributed by atoms with Crippen molar-refractivity contribution in [1.29, 1.82) is 0 Å². The van der Waals surface area contributed by atoms with E-state index in [2.05, 4.69) is 4.72 Å². The summed E-state index contributed by atoms with van der Waals surface area (Å²) < 4.78 is 40.6.